The van der Waals surface area contributed by atoms with Crippen LogP contribution < -0.4 is 10.1 Å². The fourth-order valence-corrected chi connectivity index (χ4v) is 5.05. The largest absolute Gasteiger partial charge is 0.494 e. The molecule has 4 aromatic carbocycles. The lowest BCUT2D eigenvalue weighted by atomic mass is 9.84. The van der Waals surface area contributed by atoms with Crippen LogP contribution >= 0.6 is 0 Å². The Morgan fingerprint density at radius 1 is 0.953 bits per heavy atom. The molecule has 1 amide bonds. The molecule has 1 aliphatic rings. The number of aliphatic hydroxyl groups is 1. The van der Waals surface area contributed by atoms with Gasteiger partial charge in [0.1, 0.15) is 11.6 Å². The maximum Gasteiger partial charge on any atom is 0.252 e. The summed E-state index contributed by atoms with van der Waals surface area (Å²) in [5, 5.41) is 12.1. The van der Waals surface area contributed by atoms with E-state index in [0.717, 1.165) is 11.1 Å². The molecule has 43 heavy (non-hydrogen) atoms. The molecule has 220 valence electrons. The van der Waals surface area contributed by atoms with Crippen LogP contribution in [0.4, 0.5) is 4.39 Å². The first-order valence-electron chi connectivity index (χ1n) is 14.5. The second-order valence-electron chi connectivity index (χ2n) is 10.3. The molecule has 2 atom stereocenters. The molecule has 5 rings (SSSR count). The Morgan fingerprint density at radius 3 is 2.37 bits per heavy atom. The minimum absolute atomic E-state index is 0.0623. The molecule has 4 aromatic rings. The highest BCUT2D eigenvalue weighted by Crippen LogP contribution is 2.43. The van der Waals surface area contributed by atoms with Crippen LogP contribution in [-0.2, 0) is 16.0 Å². The third-order valence-corrected chi connectivity index (χ3v) is 7.31. The van der Waals surface area contributed by atoms with Crippen LogP contribution in [0.15, 0.2) is 120 Å². The van der Waals surface area contributed by atoms with Gasteiger partial charge in [0, 0.05) is 31.6 Å². The SMILES string of the molecule is O=C(NCCc1ccccc1F)[C@]1(C/C=C/c2ccccc2)N=C(c2ccc(OCCCO)cc2)O[C@@H]1c1ccccc1. The van der Waals surface area contributed by atoms with Gasteiger partial charge in [-0.3, -0.25) is 4.79 Å². The smallest absolute Gasteiger partial charge is 0.252 e. The summed E-state index contributed by atoms with van der Waals surface area (Å²) in [6.07, 6.45) is 4.40. The quantitative estimate of drug-likeness (QED) is 0.182. The van der Waals surface area contributed by atoms with Gasteiger partial charge in [0.2, 0.25) is 5.90 Å². The first-order valence-corrected chi connectivity index (χ1v) is 14.5. The zero-order valence-electron chi connectivity index (χ0n) is 23.9. The fourth-order valence-electron chi connectivity index (χ4n) is 5.05. The van der Waals surface area contributed by atoms with Crippen LogP contribution in [0.25, 0.3) is 6.08 Å². The van der Waals surface area contributed by atoms with E-state index in [2.05, 4.69) is 5.32 Å². The van der Waals surface area contributed by atoms with Crippen LogP contribution in [0.2, 0.25) is 0 Å². The lowest BCUT2D eigenvalue weighted by molar-refractivity contribution is -0.128. The maximum absolute atomic E-state index is 14.3. The Kier molecular flexibility index (Phi) is 9.97. The van der Waals surface area contributed by atoms with Crippen molar-refractivity contribution in [3.05, 3.63) is 143 Å². The van der Waals surface area contributed by atoms with Gasteiger partial charge < -0.3 is 19.9 Å². The number of rotatable bonds is 13. The van der Waals surface area contributed by atoms with Gasteiger partial charge in [0.25, 0.3) is 5.91 Å². The summed E-state index contributed by atoms with van der Waals surface area (Å²) in [7, 11) is 0. The third-order valence-electron chi connectivity index (χ3n) is 7.31. The molecule has 0 aliphatic carbocycles. The van der Waals surface area contributed by atoms with Gasteiger partial charge in [-0.15, -0.1) is 0 Å². The number of aliphatic hydroxyl groups excluding tert-OH is 1. The number of hydrogen-bond donors (Lipinski definition) is 2. The van der Waals surface area contributed by atoms with Gasteiger partial charge in [-0.25, -0.2) is 9.38 Å². The molecule has 6 nitrogen and oxygen atoms in total. The lowest BCUT2D eigenvalue weighted by Crippen LogP contribution is -2.48. The highest BCUT2D eigenvalue weighted by molar-refractivity contribution is 6.01. The monoisotopic (exact) mass is 578 g/mol. The molecule has 0 spiro atoms. The minimum Gasteiger partial charge on any atom is -0.494 e. The van der Waals surface area contributed by atoms with E-state index in [0.29, 0.717) is 42.2 Å². The zero-order valence-corrected chi connectivity index (χ0v) is 23.9. The van der Waals surface area contributed by atoms with Gasteiger partial charge in [-0.05, 0) is 53.4 Å². The first-order chi connectivity index (χ1) is 21.1. The van der Waals surface area contributed by atoms with E-state index in [1.54, 1.807) is 18.2 Å². The number of halogens is 1. The highest BCUT2D eigenvalue weighted by Gasteiger charge is 2.52. The summed E-state index contributed by atoms with van der Waals surface area (Å²) in [6.45, 7) is 0.718. The van der Waals surface area contributed by atoms with Crippen molar-refractivity contribution in [2.24, 2.45) is 4.99 Å². The van der Waals surface area contributed by atoms with Gasteiger partial charge >= 0.3 is 0 Å². The van der Waals surface area contributed by atoms with Gasteiger partial charge in [0.05, 0.1) is 6.61 Å². The fraction of sp³-hybridized carbons (Fsp3) is 0.222. The van der Waals surface area contributed by atoms with E-state index in [9.17, 15) is 9.18 Å². The summed E-state index contributed by atoms with van der Waals surface area (Å²) in [5.41, 5.74) is 1.77. The molecular formula is C36H35FN2O4. The van der Waals surface area contributed by atoms with Crippen molar-refractivity contribution in [2.45, 2.75) is 30.9 Å². The lowest BCUT2D eigenvalue weighted by Gasteiger charge is -2.29. The predicted molar refractivity (Wildman–Crippen MR) is 166 cm³/mol. The molecule has 0 bridgehead atoms. The molecule has 0 saturated carbocycles. The van der Waals surface area contributed by atoms with Crippen LogP contribution in [0.3, 0.4) is 0 Å². The van der Waals surface area contributed by atoms with E-state index in [-0.39, 0.29) is 31.3 Å². The minimum atomic E-state index is -1.31. The summed E-state index contributed by atoms with van der Waals surface area (Å²) in [6, 6.07) is 33.4. The van der Waals surface area contributed by atoms with E-state index in [1.165, 1.54) is 6.07 Å². The van der Waals surface area contributed by atoms with Crippen LogP contribution in [0.1, 0.15) is 41.2 Å². The van der Waals surface area contributed by atoms with Crippen molar-refractivity contribution in [1.82, 2.24) is 5.32 Å². The van der Waals surface area contributed by atoms with Crippen LogP contribution in [-0.4, -0.2) is 42.2 Å². The molecule has 2 N–H and O–H groups in total. The zero-order chi connectivity index (χ0) is 29.9. The number of nitrogens with one attached hydrogen (secondary N) is 1. The number of ether oxygens (including phenoxy) is 2. The van der Waals surface area contributed by atoms with E-state index in [4.69, 9.17) is 19.6 Å². The molecule has 0 fully saturated rings. The Morgan fingerprint density at radius 2 is 1.65 bits per heavy atom. The number of benzene rings is 4. The number of hydrogen-bond acceptors (Lipinski definition) is 5. The topological polar surface area (TPSA) is 80.2 Å². The summed E-state index contributed by atoms with van der Waals surface area (Å²) >= 11 is 0. The van der Waals surface area contributed by atoms with Crippen LogP contribution in [0.5, 0.6) is 5.75 Å². The van der Waals surface area contributed by atoms with Crippen molar-refractivity contribution in [2.75, 3.05) is 19.8 Å². The number of carbonyl (C=O) groups excluding carboxylic acids is 1. The summed E-state index contributed by atoms with van der Waals surface area (Å²) in [5.74, 6) is 0.425. The molecule has 1 aliphatic heterocycles. The number of aliphatic imine (C=N–C) groups is 1. The number of carbonyl (C=O) groups is 1. The van der Waals surface area contributed by atoms with E-state index >= 15 is 0 Å². The maximum atomic E-state index is 14.3. The van der Waals surface area contributed by atoms with Crippen molar-refractivity contribution in [3.63, 3.8) is 0 Å². The predicted octanol–water partition coefficient (Wildman–Crippen LogP) is 6.31. The molecule has 0 radical (unpaired) electrons. The standard InChI is InChI=1S/C36H35FN2O4/c37-32-17-8-7-14-28(32)22-24-38-35(41)36(23-9-13-27-11-3-1-4-12-27)33(29-15-5-2-6-16-29)43-34(39-36)30-18-20-31(21-19-30)42-26-10-25-40/h1-9,11-21,33,40H,10,22-26H2,(H,38,41)/b13-9+/t33-,36-/m1/s1. The second-order valence-corrected chi connectivity index (χ2v) is 10.3. The number of nitrogens with zero attached hydrogens (tertiary/aromatic N) is 1. The van der Waals surface area contributed by atoms with Crippen molar-refractivity contribution >= 4 is 17.9 Å². The van der Waals surface area contributed by atoms with Crippen molar-refractivity contribution < 1.29 is 23.8 Å². The van der Waals surface area contributed by atoms with Gasteiger partial charge in [0.15, 0.2) is 11.6 Å². The molecule has 1 heterocycles. The normalized spacial score (nSPS) is 17.8. The molecule has 0 aromatic heterocycles. The molecular weight excluding hydrogens is 543 g/mol. The Labute approximate surface area is 251 Å². The number of amides is 1. The highest BCUT2D eigenvalue weighted by atomic mass is 19.1. The summed E-state index contributed by atoms with van der Waals surface area (Å²) < 4.78 is 26.5. The Balaban J connectivity index is 1.47. The molecule has 0 saturated heterocycles. The van der Waals surface area contributed by atoms with Crippen LogP contribution in [0, 0.1) is 5.82 Å². The summed E-state index contributed by atoms with van der Waals surface area (Å²) in [4.78, 5) is 19.2. The van der Waals surface area contributed by atoms with Gasteiger partial charge in [-0.2, -0.15) is 0 Å². The third kappa shape index (κ3) is 7.37. The van der Waals surface area contributed by atoms with E-state index in [1.807, 2.05) is 97.1 Å². The van der Waals surface area contributed by atoms with Crippen molar-refractivity contribution in [3.8, 4) is 5.75 Å². The van der Waals surface area contributed by atoms with Gasteiger partial charge in [-0.1, -0.05) is 91.0 Å². The Bertz CT molecular complexity index is 1540. The first kappa shape index (κ1) is 29.7. The molecule has 0 unspecified atom stereocenters. The average Bonchev–Trinajstić information content (AvgIpc) is 3.44. The van der Waals surface area contributed by atoms with Crippen molar-refractivity contribution in [1.29, 1.82) is 0 Å². The van der Waals surface area contributed by atoms with E-state index < -0.39 is 11.6 Å². The molecule has 7 heteroatoms. The average molecular weight is 579 g/mol. The Hall–Kier alpha value is -4.75. The second kappa shape index (κ2) is 14.4.